The Kier molecular flexibility index (Phi) is 6.02. The van der Waals surface area contributed by atoms with E-state index in [4.69, 9.17) is 9.47 Å². The van der Waals surface area contributed by atoms with Crippen LogP contribution in [0.2, 0.25) is 0 Å². The molecule has 0 unspecified atom stereocenters. The Labute approximate surface area is 126 Å². The molecule has 116 valence electrons. The Morgan fingerprint density at radius 1 is 1.38 bits per heavy atom. The van der Waals surface area contributed by atoms with E-state index in [-0.39, 0.29) is 12.5 Å². The molecule has 21 heavy (non-hydrogen) atoms. The van der Waals surface area contributed by atoms with Crippen molar-refractivity contribution in [3.63, 3.8) is 0 Å². The summed E-state index contributed by atoms with van der Waals surface area (Å²) in [6, 6.07) is 6.05. The van der Waals surface area contributed by atoms with Gasteiger partial charge >= 0.3 is 0 Å². The zero-order valence-corrected chi connectivity index (χ0v) is 12.9. The summed E-state index contributed by atoms with van der Waals surface area (Å²) < 4.78 is 11.1. The van der Waals surface area contributed by atoms with Crippen molar-refractivity contribution < 1.29 is 14.3 Å². The van der Waals surface area contributed by atoms with Crippen molar-refractivity contribution >= 4 is 5.91 Å². The SMILES string of the molecule is CCNCc1cccc(C)c1OCC(=O)N1CCOCC1. The first-order chi connectivity index (χ1) is 10.2. The number of rotatable bonds is 6. The van der Waals surface area contributed by atoms with Crippen molar-refractivity contribution in [2.24, 2.45) is 0 Å². The molecule has 0 saturated carbocycles. The third-order valence-corrected chi connectivity index (χ3v) is 3.56. The number of nitrogens with zero attached hydrogens (tertiary/aromatic N) is 1. The Morgan fingerprint density at radius 3 is 2.86 bits per heavy atom. The smallest absolute Gasteiger partial charge is 0.260 e. The molecule has 1 aromatic rings. The van der Waals surface area contributed by atoms with E-state index in [0.717, 1.165) is 30.0 Å². The third kappa shape index (κ3) is 4.44. The summed E-state index contributed by atoms with van der Waals surface area (Å²) in [5.41, 5.74) is 2.15. The molecule has 1 heterocycles. The highest BCUT2D eigenvalue weighted by molar-refractivity contribution is 5.78. The predicted molar refractivity (Wildman–Crippen MR) is 81.5 cm³/mol. The summed E-state index contributed by atoms with van der Waals surface area (Å²) in [5, 5.41) is 3.29. The van der Waals surface area contributed by atoms with Crippen LogP contribution in [-0.4, -0.2) is 50.3 Å². The van der Waals surface area contributed by atoms with Crippen molar-refractivity contribution in [1.29, 1.82) is 0 Å². The largest absolute Gasteiger partial charge is 0.483 e. The number of nitrogens with one attached hydrogen (secondary N) is 1. The van der Waals surface area contributed by atoms with Gasteiger partial charge in [-0.2, -0.15) is 0 Å². The number of morpholine rings is 1. The van der Waals surface area contributed by atoms with E-state index in [1.54, 1.807) is 4.90 Å². The molecule has 0 bridgehead atoms. The molecule has 0 spiro atoms. The fraction of sp³-hybridized carbons (Fsp3) is 0.562. The minimum Gasteiger partial charge on any atom is -0.483 e. The molecule has 0 atom stereocenters. The van der Waals surface area contributed by atoms with Crippen LogP contribution in [0.25, 0.3) is 0 Å². The Hall–Kier alpha value is -1.59. The summed E-state index contributed by atoms with van der Waals surface area (Å²) >= 11 is 0. The summed E-state index contributed by atoms with van der Waals surface area (Å²) in [6.45, 7) is 8.34. The first-order valence-corrected chi connectivity index (χ1v) is 7.50. The first-order valence-electron chi connectivity index (χ1n) is 7.50. The minimum absolute atomic E-state index is 0.0240. The van der Waals surface area contributed by atoms with Gasteiger partial charge in [0.1, 0.15) is 5.75 Å². The number of carbonyl (C=O) groups is 1. The van der Waals surface area contributed by atoms with E-state index >= 15 is 0 Å². The number of aryl methyl sites for hydroxylation is 1. The predicted octanol–water partition coefficient (Wildman–Crippen LogP) is 1.34. The topological polar surface area (TPSA) is 50.8 Å². The first kappa shape index (κ1) is 15.8. The zero-order chi connectivity index (χ0) is 15.1. The van der Waals surface area contributed by atoms with Crippen LogP contribution in [0.1, 0.15) is 18.1 Å². The number of benzene rings is 1. The van der Waals surface area contributed by atoms with Crippen LogP contribution in [0.15, 0.2) is 18.2 Å². The summed E-state index contributed by atoms with van der Waals surface area (Å²) in [5.74, 6) is 0.844. The molecule has 0 radical (unpaired) electrons. The van der Waals surface area contributed by atoms with Gasteiger partial charge in [0.15, 0.2) is 6.61 Å². The number of amides is 1. The van der Waals surface area contributed by atoms with Gasteiger partial charge in [-0.3, -0.25) is 4.79 Å². The molecule has 1 aliphatic heterocycles. The standard InChI is InChI=1S/C16H24N2O3/c1-3-17-11-14-6-4-5-13(2)16(14)21-12-15(19)18-7-9-20-10-8-18/h4-6,17H,3,7-12H2,1-2H3. The molecule has 5 heteroatoms. The Balaban J connectivity index is 1.96. The summed E-state index contributed by atoms with van der Waals surface area (Å²) in [6.07, 6.45) is 0. The number of hydrogen-bond acceptors (Lipinski definition) is 4. The van der Waals surface area contributed by atoms with Crippen LogP contribution in [-0.2, 0) is 16.1 Å². The lowest BCUT2D eigenvalue weighted by Crippen LogP contribution is -2.43. The zero-order valence-electron chi connectivity index (χ0n) is 12.9. The Morgan fingerprint density at radius 2 is 2.14 bits per heavy atom. The molecule has 1 saturated heterocycles. The normalized spacial score (nSPS) is 15.0. The lowest BCUT2D eigenvalue weighted by molar-refractivity contribution is -0.137. The molecule has 1 aliphatic rings. The van der Waals surface area contributed by atoms with Crippen molar-refractivity contribution in [3.8, 4) is 5.75 Å². The van der Waals surface area contributed by atoms with E-state index in [0.29, 0.717) is 26.3 Å². The molecule has 1 N–H and O–H groups in total. The van der Waals surface area contributed by atoms with Gasteiger partial charge in [0.05, 0.1) is 13.2 Å². The van der Waals surface area contributed by atoms with Crippen LogP contribution in [0, 0.1) is 6.92 Å². The molecule has 1 amide bonds. The van der Waals surface area contributed by atoms with E-state index in [1.807, 2.05) is 25.1 Å². The van der Waals surface area contributed by atoms with Crippen LogP contribution in [0.5, 0.6) is 5.75 Å². The van der Waals surface area contributed by atoms with Gasteiger partial charge in [0, 0.05) is 25.2 Å². The maximum absolute atomic E-state index is 12.1. The molecular formula is C16H24N2O3. The average molecular weight is 292 g/mol. The second-order valence-electron chi connectivity index (χ2n) is 5.13. The number of para-hydroxylation sites is 1. The highest BCUT2D eigenvalue weighted by atomic mass is 16.5. The fourth-order valence-electron chi connectivity index (χ4n) is 2.36. The van der Waals surface area contributed by atoms with Crippen LogP contribution in [0.3, 0.4) is 0 Å². The lowest BCUT2D eigenvalue weighted by atomic mass is 10.1. The number of carbonyl (C=O) groups excluding carboxylic acids is 1. The molecule has 0 aliphatic carbocycles. The number of ether oxygens (including phenoxy) is 2. The van der Waals surface area contributed by atoms with Crippen LogP contribution in [0.4, 0.5) is 0 Å². The maximum Gasteiger partial charge on any atom is 0.260 e. The Bertz CT molecular complexity index is 471. The van der Waals surface area contributed by atoms with Crippen molar-refractivity contribution in [2.45, 2.75) is 20.4 Å². The molecule has 1 aromatic carbocycles. The molecule has 1 fully saturated rings. The van der Waals surface area contributed by atoms with Gasteiger partial charge < -0.3 is 19.7 Å². The minimum atomic E-state index is 0.0240. The van der Waals surface area contributed by atoms with Crippen molar-refractivity contribution in [3.05, 3.63) is 29.3 Å². The van der Waals surface area contributed by atoms with E-state index in [9.17, 15) is 4.79 Å². The summed E-state index contributed by atoms with van der Waals surface area (Å²) in [7, 11) is 0. The van der Waals surface area contributed by atoms with Gasteiger partial charge in [-0.25, -0.2) is 0 Å². The van der Waals surface area contributed by atoms with Crippen molar-refractivity contribution in [2.75, 3.05) is 39.5 Å². The van der Waals surface area contributed by atoms with Crippen LogP contribution < -0.4 is 10.1 Å². The quantitative estimate of drug-likeness (QED) is 0.860. The van der Waals surface area contributed by atoms with Gasteiger partial charge in [0.2, 0.25) is 0 Å². The second kappa shape index (κ2) is 8.00. The molecule has 2 rings (SSSR count). The molecule has 5 nitrogen and oxygen atoms in total. The van der Waals surface area contributed by atoms with E-state index < -0.39 is 0 Å². The monoisotopic (exact) mass is 292 g/mol. The molecular weight excluding hydrogens is 268 g/mol. The molecule has 0 aromatic heterocycles. The van der Waals surface area contributed by atoms with E-state index in [2.05, 4.69) is 12.2 Å². The fourth-order valence-corrected chi connectivity index (χ4v) is 2.36. The second-order valence-corrected chi connectivity index (χ2v) is 5.13. The van der Waals surface area contributed by atoms with Gasteiger partial charge in [-0.1, -0.05) is 25.1 Å². The summed E-state index contributed by atoms with van der Waals surface area (Å²) in [4.78, 5) is 13.9. The highest BCUT2D eigenvalue weighted by Crippen LogP contribution is 2.23. The number of hydrogen-bond donors (Lipinski definition) is 1. The van der Waals surface area contributed by atoms with Crippen molar-refractivity contribution in [1.82, 2.24) is 10.2 Å². The average Bonchev–Trinajstić information content (AvgIpc) is 2.52. The van der Waals surface area contributed by atoms with Gasteiger partial charge in [-0.15, -0.1) is 0 Å². The van der Waals surface area contributed by atoms with Gasteiger partial charge in [-0.05, 0) is 19.0 Å². The van der Waals surface area contributed by atoms with Crippen LogP contribution >= 0.6 is 0 Å². The maximum atomic E-state index is 12.1. The third-order valence-electron chi connectivity index (χ3n) is 3.56. The highest BCUT2D eigenvalue weighted by Gasteiger charge is 2.18. The van der Waals surface area contributed by atoms with E-state index in [1.165, 1.54) is 0 Å². The van der Waals surface area contributed by atoms with Gasteiger partial charge in [0.25, 0.3) is 5.91 Å². The lowest BCUT2D eigenvalue weighted by Gasteiger charge is -2.27.